The molecule has 0 bridgehead atoms. The second-order valence-electron chi connectivity index (χ2n) is 4.66. The van der Waals surface area contributed by atoms with Gasteiger partial charge in [0.1, 0.15) is 6.33 Å². The number of hydrogen-bond donors (Lipinski definition) is 2. The SMILES string of the molecule is CCCNc1ccc(Cl)cc1C(=O)NCc1nncn1C. The summed E-state index contributed by atoms with van der Waals surface area (Å²) in [4.78, 5) is 12.3. The van der Waals surface area contributed by atoms with Gasteiger partial charge >= 0.3 is 0 Å². The van der Waals surface area contributed by atoms with Crippen LogP contribution in [0, 0.1) is 0 Å². The topological polar surface area (TPSA) is 71.8 Å². The van der Waals surface area contributed by atoms with Crippen LogP contribution in [0.15, 0.2) is 24.5 Å². The second-order valence-corrected chi connectivity index (χ2v) is 5.09. The van der Waals surface area contributed by atoms with Crippen LogP contribution < -0.4 is 10.6 Å². The van der Waals surface area contributed by atoms with Gasteiger partial charge in [-0.3, -0.25) is 4.79 Å². The van der Waals surface area contributed by atoms with E-state index in [-0.39, 0.29) is 5.91 Å². The van der Waals surface area contributed by atoms with E-state index in [2.05, 4.69) is 27.8 Å². The molecule has 2 aromatic rings. The van der Waals surface area contributed by atoms with Gasteiger partial charge in [-0.15, -0.1) is 10.2 Å². The maximum absolute atomic E-state index is 12.3. The largest absolute Gasteiger partial charge is 0.384 e. The number of benzene rings is 1. The molecule has 0 aliphatic rings. The van der Waals surface area contributed by atoms with Gasteiger partial charge in [0.05, 0.1) is 12.1 Å². The fraction of sp³-hybridized carbons (Fsp3) is 0.357. The minimum absolute atomic E-state index is 0.195. The third kappa shape index (κ3) is 3.95. The average molecular weight is 308 g/mol. The van der Waals surface area contributed by atoms with Crippen molar-refractivity contribution in [3.8, 4) is 0 Å². The molecule has 1 amide bonds. The first-order valence-corrected chi connectivity index (χ1v) is 7.14. The quantitative estimate of drug-likeness (QED) is 0.858. The molecule has 0 radical (unpaired) electrons. The normalized spacial score (nSPS) is 10.4. The summed E-state index contributed by atoms with van der Waals surface area (Å²) in [6.07, 6.45) is 2.57. The number of hydrogen-bond acceptors (Lipinski definition) is 4. The third-order valence-electron chi connectivity index (χ3n) is 3.00. The van der Waals surface area contributed by atoms with Crippen molar-refractivity contribution in [2.75, 3.05) is 11.9 Å². The summed E-state index contributed by atoms with van der Waals surface area (Å²) < 4.78 is 1.76. The van der Waals surface area contributed by atoms with Crippen LogP contribution >= 0.6 is 11.6 Å². The van der Waals surface area contributed by atoms with Crippen molar-refractivity contribution in [2.45, 2.75) is 19.9 Å². The van der Waals surface area contributed by atoms with Crippen LogP contribution in [-0.4, -0.2) is 27.2 Å². The molecular formula is C14H18ClN5O. The number of rotatable bonds is 6. The summed E-state index contributed by atoms with van der Waals surface area (Å²) in [5.41, 5.74) is 1.30. The Balaban J connectivity index is 2.10. The Morgan fingerprint density at radius 3 is 2.90 bits per heavy atom. The summed E-state index contributed by atoms with van der Waals surface area (Å²) in [6.45, 7) is 3.18. The van der Waals surface area contributed by atoms with E-state index in [0.717, 1.165) is 18.7 Å². The van der Waals surface area contributed by atoms with Crippen LogP contribution in [0.2, 0.25) is 5.02 Å². The van der Waals surface area contributed by atoms with Gasteiger partial charge in [0.2, 0.25) is 0 Å². The number of halogens is 1. The first-order chi connectivity index (χ1) is 10.1. The van der Waals surface area contributed by atoms with E-state index in [1.807, 2.05) is 13.1 Å². The van der Waals surface area contributed by atoms with Crippen LogP contribution in [0.25, 0.3) is 0 Å². The van der Waals surface area contributed by atoms with Gasteiger partial charge in [0.15, 0.2) is 5.82 Å². The molecule has 112 valence electrons. The Morgan fingerprint density at radius 1 is 1.43 bits per heavy atom. The zero-order valence-corrected chi connectivity index (χ0v) is 12.8. The fourth-order valence-corrected chi connectivity index (χ4v) is 2.01. The maximum atomic E-state index is 12.3. The van der Waals surface area contributed by atoms with Gasteiger partial charge in [0, 0.05) is 24.3 Å². The molecule has 0 fully saturated rings. The van der Waals surface area contributed by atoms with Gasteiger partial charge in [0.25, 0.3) is 5.91 Å². The molecule has 0 unspecified atom stereocenters. The first-order valence-electron chi connectivity index (χ1n) is 6.76. The van der Waals surface area contributed by atoms with Crippen LogP contribution in [0.4, 0.5) is 5.69 Å². The van der Waals surface area contributed by atoms with E-state index in [4.69, 9.17) is 11.6 Å². The van der Waals surface area contributed by atoms with Gasteiger partial charge in [-0.2, -0.15) is 0 Å². The van der Waals surface area contributed by atoms with Crippen molar-refractivity contribution in [3.63, 3.8) is 0 Å². The van der Waals surface area contributed by atoms with Crippen molar-refractivity contribution in [1.29, 1.82) is 0 Å². The minimum atomic E-state index is -0.195. The molecule has 1 aromatic heterocycles. The fourth-order valence-electron chi connectivity index (χ4n) is 1.84. The maximum Gasteiger partial charge on any atom is 0.253 e. The molecular weight excluding hydrogens is 290 g/mol. The predicted octanol–water partition coefficient (Wildman–Crippen LogP) is 2.22. The highest BCUT2D eigenvalue weighted by Crippen LogP contribution is 2.20. The van der Waals surface area contributed by atoms with Crippen molar-refractivity contribution in [2.24, 2.45) is 7.05 Å². The van der Waals surface area contributed by atoms with Crippen LogP contribution in [-0.2, 0) is 13.6 Å². The van der Waals surface area contributed by atoms with E-state index >= 15 is 0 Å². The average Bonchev–Trinajstić information content (AvgIpc) is 2.88. The van der Waals surface area contributed by atoms with Crippen LogP contribution in [0.3, 0.4) is 0 Å². The van der Waals surface area contributed by atoms with Crippen LogP contribution in [0.5, 0.6) is 0 Å². The number of aryl methyl sites for hydroxylation is 1. The molecule has 1 heterocycles. The third-order valence-corrected chi connectivity index (χ3v) is 3.24. The summed E-state index contributed by atoms with van der Waals surface area (Å²) >= 11 is 5.99. The van der Waals surface area contributed by atoms with Gasteiger partial charge in [-0.1, -0.05) is 18.5 Å². The Morgan fingerprint density at radius 2 is 2.24 bits per heavy atom. The first kappa shape index (κ1) is 15.3. The lowest BCUT2D eigenvalue weighted by Gasteiger charge is -2.12. The number of amides is 1. The van der Waals surface area contributed by atoms with Gasteiger partial charge in [-0.05, 0) is 24.6 Å². The minimum Gasteiger partial charge on any atom is -0.384 e. The Hall–Kier alpha value is -2.08. The molecule has 0 spiro atoms. The molecule has 0 aliphatic heterocycles. The molecule has 0 saturated heterocycles. The molecule has 21 heavy (non-hydrogen) atoms. The number of carbonyl (C=O) groups is 1. The van der Waals surface area contributed by atoms with E-state index < -0.39 is 0 Å². The number of anilines is 1. The van der Waals surface area contributed by atoms with Crippen molar-refractivity contribution >= 4 is 23.2 Å². The predicted molar refractivity (Wildman–Crippen MR) is 82.4 cm³/mol. The Kier molecular flexibility index (Phi) is 5.16. The summed E-state index contributed by atoms with van der Waals surface area (Å²) in [5.74, 6) is 0.493. The number of nitrogens with one attached hydrogen (secondary N) is 2. The number of nitrogens with zero attached hydrogens (tertiary/aromatic N) is 3. The van der Waals surface area contributed by atoms with Crippen molar-refractivity contribution < 1.29 is 4.79 Å². The molecule has 0 saturated carbocycles. The molecule has 0 atom stereocenters. The van der Waals surface area contributed by atoms with Gasteiger partial charge < -0.3 is 15.2 Å². The van der Waals surface area contributed by atoms with Gasteiger partial charge in [-0.25, -0.2) is 0 Å². The monoisotopic (exact) mass is 307 g/mol. The Labute approximate surface area is 128 Å². The summed E-state index contributed by atoms with van der Waals surface area (Å²) in [5, 5.41) is 14.3. The summed E-state index contributed by atoms with van der Waals surface area (Å²) in [7, 11) is 1.83. The zero-order valence-electron chi connectivity index (χ0n) is 12.1. The Bertz CT molecular complexity index is 626. The lowest BCUT2D eigenvalue weighted by molar-refractivity contribution is 0.0950. The van der Waals surface area contributed by atoms with E-state index in [9.17, 15) is 4.79 Å². The van der Waals surface area contributed by atoms with Crippen LogP contribution in [0.1, 0.15) is 29.5 Å². The molecule has 0 aliphatic carbocycles. The van der Waals surface area contributed by atoms with Crippen molar-refractivity contribution in [3.05, 3.63) is 40.9 Å². The lowest BCUT2D eigenvalue weighted by atomic mass is 10.1. The molecule has 2 rings (SSSR count). The molecule has 6 nitrogen and oxygen atoms in total. The number of carbonyl (C=O) groups excluding carboxylic acids is 1. The van der Waals surface area contributed by atoms with E-state index in [0.29, 0.717) is 23.0 Å². The lowest BCUT2D eigenvalue weighted by Crippen LogP contribution is -2.25. The molecule has 7 heteroatoms. The smallest absolute Gasteiger partial charge is 0.253 e. The molecule has 1 aromatic carbocycles. The second kappa shape index (κ2) is 7.08. The summed E-state index contributed by atoms with van der Waals surface area (Å²) in [6, 6.07) is 5.24. The highest BCUT2D eigenvalue weighted by Gasteiger charge is 2.13. The highest BCUT2D eigenvalue weighted by atomic mass is 35.5. The standard InChI is InChI=1S/C14H18ClN5O/c1-3-6-16-12-5-4-10(15)7-11(12)14(21)17-8-13-19-18-9-20(13)2/h4-5,7,9,16H,3,6,8H2,1-2H3,(H,17,21). The number of aromatic nitrogens is 3. The van der Waals surface area contributed by atoms with E-state index in [1.165, 1.54) is 0 Å². The van der Waals surface area contributed by atoms with E-state index in [1.54, 1.807) is 23.0 Å². The molecule has 2 N–H and O–H groups in total. The van der Waals surface area contributed by atoms with Crippen molar-refractivity contribution in [1.82, 2.24) is 20.1 Å². The zero-order chi connectivity index (χ0) is 15.2. The highest BCUT2D eigenvalue weighted by molar-refractivity contribution is 6.31.